The molecule has 0 aliphatic heterocycles. The molecule has 0 fully saturated rings. The lowest BCUT2D eigenvalue weighted by Gasteiger charge is -2.30. The third-order valence-electron chi connectivity index (χ3n) is 4.58. The summed E-state index contributed by atoms with van der Waals surface area (Å²) < 4.78 is 13.1. The highest BCUT2D eigenvalue weighted by atomic mass is 19.1. The van der Waals surface area contributed by atoms with Crippen LogP contribution in [0.2, 0.25) is 0 Å². The molecule has 3 aromatic carbocycles. The van der Waals surface area contributed by atoms with Crippen LogP contribution in [-0.2, 0) is 6.54 Å². The summed E-state index contributed by atoms with van der Waals surface area (Å²) in [7, 11) is 0. The van der Waals surface area contributed by atoms with E-state index in [1.54, 1.807) is 17.0 Å². The van der Waals surface area contributed by atoms with Crippen LogP contribution in [0, 0.1) is 12.7 Å². The minimum Gasteiger partial charge on any atom is -0.313 e. The van der Waals surface area contributed by atoms with E-state index in [1.165, 1.54) is 17.7 Å². The summed E-state index contributed by atoms with van der Waals surface area (Å²) in [6.07, 6.45) is 0. The molecule has 1 atom stereocenters. The predicted octanol–water partition coefficient (Wildman–Crippen LogP) is 5.93. The Morgan fingerprint density at radius 1 is 0.963 bits per heavy atom. The highest BCUT2D eigenvalue weighted by Gasteiger charge is 2.22. The lowest BCUT2D eigenvalue weighted by atomic mass is 10.1. The fourth-order valence-electron chi connectivity index (χ4n) is 2.91. The van der Waals surface area contributed by atoms with E-state index in [2.05, 4.69) is 5.32 Å². The average molecular weight is 362 g/mol. The number of urea groups is 1. The minimum absolute atomic E-state index is 0.118. The van der Waals surface area contributed by atoms with Gasteiger partial charge in [-0.05, 0) is 49.2 Å². The second kappa shape index (κ2) is 8.49. The molecule has 4 heteroatoms. The Balaban J connectivity index is 1.84. The second-order valence-corrected chi connectivity index (χ2v) is 6.64. The lowest BCUT2D eigenvalue weighted by molar-refractivity contribution is 0.189. The van der Waals surface area contributed by atoms with Crippen molar-refractivity contribution in [2.45, 2.75) is 26.4 Å². The number of halogens is 1. The molecule has 138 valence electrons. The standard InChI is InChI=1S/C23H23FN2O/c1-17-8-10-19(11-9-17)16-26(18(2)20-6-4-3-5-7-20)23(27)25-22-14-12-21(24)13-15-22/h3-15,18H,16H2,1-2H3,(H,25,27)/t18-/m0/s1. The van der Waals surface area contributed by atoms with Crippen LogP contribution < -0.4 is 5.32 Å². The largest absolute Gasteiger partial charge is 0.322 e. The van der Waals surface area contributed by atoms with Crippen molar-refractivity contribution in [2.75, 3.05) is 5.32 Å². The first-order valence-corrected chi connectivity index (χ1v) is 8.96. The molecule has 0 radical (unpaired) electrons. The number of benzene rings is 3. The van der Waals surface area contributed by atoms with Crippen LogP contribution in [0.4, 0.5) is 14.9 Å². The predicted molar refractivity (Wildman–Crippen MR) is 107 cm³/mol. The van der Waals surface area contributed by atoms with Crippen LogP contribution in [0.3, 0.4) is 0 Å². The number of aryl methyl sites for hydroxylation is 1. The average Bonchev–Trinajstić information content (AvgIpc) is 2.69. The van der Waals surface area contributed by atoms with Gasteiger partial charge in [-0.2, -0.15) is 0 Å². The Kier molecular flexibility index (Phi) is 5.87. The van der Waals surface area contributed by atoms with Crippen molar-refractivity contribution in [2.24, 2.45) is 0 Å². The van der Waals surface area contributed by atoms with E-state index < -0.39 is 0 Å². The van der Waals surface area contributed by atoms with E-state index in [0.29, 0.717) is 12.2 Å². The number of hydrogen-bond acceptors (Lipinski definition) is 1. The van der Waals surface area contributed by atoms with E-state index in [0.717, 1.165) is 11.1 Å². The van der Waals surface area contributed by atoms with E-state index in [-0.39, 0.29) is 17.9 Å². The maximum Gasteiger partial charge on any atom is 0.322 e. The maximum absolute atomic E-state index is 13.1. The quantitative estimate of drug-likeness (QED) is 0.599. The van der Waals surface area contributed by atoms with Gasteiger partial charge in [0, 0.05) is 12.2 Å². The van der Waals surface area contributed by atoms with Crippen LogP contribution in [0.15, 0.2) is 78.9 Å². The Bertz CT molecular complexity index is 877. The van der Waals surface area contributed by atoms with Crippen molar-refractivity contribution >= 4 is 11.7 Å². The number of carbonyl (C=O) groups excluding carboxylic acids is 1. The summed E-state index contributed by atoms with van der Waals surface area (Å²) in [5.74, 6) is -0.331. The Morgan fingerprint density at radius 3 is 2.22 bits per heavy atom. The van der Waals surface area contributed by atoms with Gasteiger partial charge in [0.15, 0.2) is 0 Å². The van der Waals surface area contributed by atoms with Gasteiger partial charge in [-0.15, -0.1) is 0 Å². The molecule has 27 heavy (non-hydrogen) atoms. The molecule has 1 N–H and O–H groups in total. The van der Waals surface area contributed by atoms with Gasteiger partial charge in [0.2, 0.25) is 0 Å². The van der Waals surface area contributed by atoms with Crippen LogP contribution in [0.5, 0.6) is 0 Å². The van der Waals surface area contributed by atoms with Gasteiger partial charge >= 0.3 is 6.03 Å². The summed E-state index contributed by atoms with van der Waals surface area (Å²) in [6, 6.07) is 23.5. The molecule has 0 heterocycles. The molecule has 2 amide bonds. The fraction of sp³-hybridized carbons (Fsp3) is 0.174. The van der Waals surface area contributed by atoms with E-state index in [1.807, 2.05) is 68.4 Å². The highest BCUT2D eigenvalue weighted by Crippen LogP contribution is 2.24. The third-order valence-corrected chi connectivity index (χ3v) is 4.58. The third kappa shape index (κ3) is 4.94. The number of rotatable bonds is 5. The smallest absolute Gasteiger partial charge is 0.313 e. The van der Waals surface area contributed by atoms with E-state index >= 15 is 0 Å². The molecule has 0 aliphatic carbocycles. The van der Waals surface area contributed by atoms with Crippen molar-refractivity contribution in [3.63, 3.8) is 0 Å². The van der Waals surface area contributed by atoms with Gasteiger partial charge in [0.1, 0.15) is 5.82 Å². The molecule has 0 unspecified atom stereocenters. The topological polar surface area (TPSA) is 32.3 Å². The zero-order valence-corrected chi connectivity index (χ0v) is 15.5. The van der Waals surface area contributed by atoms with Gasteiger partial charge in [-0.3, -0.25) is 0 Å². The van der Waals surface area contributed by atoms with Gasteiger partial charge in [-0.1, -0.05) is 60.2 Å². The molecule has 0 aliphatic rings. The normalized spacial score (nSPS) is 11.7. The molecule has 3 nitrogen and oxygen atoms in total. The summed E-state index contributed by atoms with van der Waals surface area (Å²) >= 11 is 0. The zero-order valence-electron chi connectivity index (χ0n) is 15.5. The molecule has 3 aromatic rings. The molecule has 0 saturated carbocycles. The number of hydrogen-bond donors (Lipinski definition) is 1. The number of nitrogens with zero attached hydrogens (tertiary/aromatic N) is 1. The SMILES string of the molecule is Cc1ccc(CN(C(=O)Nc2ccc(F)cc2)[C@@H](C)c2ccccc2)cc1. The van der Waals surface area contributed by atoms with Gasteiger partial charge in [-0.25, -0.2) is 9.18 Å². The van der Waals surface area contributed by atoms with Crippen LogP contribution >= 0.6 is 0 Å². The first-order chi connectivity index (χ1) is 13.0. The van der Waals surface area contributed by atoms with Crippen molar-refractivity contribution in [1.29, 1.82) is 0 Å². The van der Waals surface area contributed by atoms with Crippen LogP contribution in [-0.4, -0.2) is 10.9 Å². The first kappa shape index (κ1) is 18.6. The zero-order chi connectivity index (χ0) is 19.2. The van der Waals surface area contributed by atoms with Crippen LogP contribution in [0.1, 0.15) is 29.7 Å². The molecule has 0 spiro atoms. The number of anilines is 1. The molecule has 0 bridgehead atoms. The number of nitrogens with one attached hydrogen (secondary N) is 1. The lowest BCUT2D eigenvalue weighted by Crippen LogP contribution is -2.36. The summed E-state index contributed by atoms with van der Waals surface area (Å²) in [4.78, 5) is 14.8. The number of carbonyl (C=O) groups is 1. The van der Waals surface area contributed by atoms with E-state index in [9.17, 15) is 9.18 Å². The molecule has 0 saturated heterocycles. The van der Waals surface area contributed by atoms with Crippen LogP contribution in [0.25, 0.3) is 0 Å². The first-order valence-electron chi connectivity index (χ1n) is 8.96. The maximum atomic E-state index is 13.1. The minimum atomic E-state index is -0.331. The van der Waals surface area contributed by atoms with Crippen molar-refractivity contribution in [1.82, 2.24) is 4.90 Å². The summed E-state index contributed by atoms with van der Waals surface area (Å²) in [5, 5.41) is 2.87. The molecule has 3 rings (SSSR count). The van der Waals surface area contributed by atoms with Gasteiger partial charge in [0.05, 0.1) is 6.04 Å². The molecular weight excluding hydrogens is 339 g/mol. The van der Waals surface area contributed by atoms with Crippen molar-refractivity contribution in [3.05, 3.63) is 101 Å². The van der Waals surface area contributed by atoms with Crippen molar-refractivity contribution < 1.29 is 9.18 Å². The van der Waals surface area contributed by atoms with Gasteiger partial charge in [0.25, 0.3) is 0 Å². The Hall–Kier alpha value is -3.14. The fourth-order valence-corrected chi connectivity index (χ4v) is 2.91. The number of amides is 2. The van der Waals surface area contributed by atoms with Gasteiger partial charge < -0.3 is 10.2 Å². The summed E-state index contributed by atoms with van der Waals surface area (Å²) in [5.41, 5.74) is 3.85. The molecular formula is C23H23FN2O. The van der Waals surface area contributed by atoms with E-state index in [4.69, 9.17) is 0 Å². The summed E-state index contributed by atoms with van der Waals surface area (Å²) in [6.45, 7) is 4.52. The monoisotopic (exact) mass is 362 g/mol. The molecule has 0 aromatic heterocycles. The highest BCUT2D eigenvalue weighted by molar-refractivity contribution is 5.89. The second-order valence-electron chi connectivity index (χ2n) is 6.64. The van der Waals surface area contributed by atoms with Crippen molar-refractivity contribution in [3.8, 4) is 0 Å². The Labute approximate surface area is 159 Å². The Morgan fingerprint density at radius 2 is 1.59 bits per heavy atom.